The molecule has 9 heteroatoms. The van der Waals surface area contributed by atoms with Crippen molar-refractivity contribution in [1.82, 2.24) is 15.0 Å². The van der Waals surface area contributed by atoms with Gasteiger partial charge in [0.25, 0.3) is 11.8 Å². The van der Waals surface area contributed by atoms with Crippen molar-refractivity contribution >= 4 is 23.3 Å². The fraction of sp³-hybridized carbons (Fsp3) is 0.263. The van der Waals surface area contributed by atoms with Crippen molar-refractivity contribution in [2.45, 2.75) is 6.92 Å². The number of pyridine rings is 1. The van der Waals surface area contributed by atoms with Gasteiger partial charge in [-0.15, -0.1) is 0 Å². The van der Waals surface area contributed by atoms with Gasteiger partial charge in [-0.05, 0) is 31.2 Å². The minimum absolute atomic E-state index is 0.109. The first-order chi connectivity index (χ1) is 13.6. The average molecular weight is 381 g/mol. The van der Waals surface area contributed by atoms with Gasteiger partial charge in [0.05, 0.1) is 6.26 Å². The van der Waals surface area contributed by atoms with E-state index in [4.69, 9.17) is 8.94 Å². The Labute approximate surface area is 160 Å². The number of anilines is 2. The van der Waals surface area contributed by atoms with Gasteiger partial charge in [-0.25, -0.2) is 0 Å². The van der Waals surface area contributed by atoms with Crippen LogP contribution in [0.15, 0.2) is 51.7 Å². The lowest BCUT2D eigenvalue weighted by molar-refractivity contribution is 0.0714. The van der Waals surface area contributed by atoms with E-state index in [2.05, 4.69) is 20.4 Å². The maximum absolute atomic E-state index is 12.4. The summed E-state index contributed by atoms with van der Waals surface area (Å²) in [6, 6.07) is 8.58. The summed E-state index contributed by atoms with van der Waals surface area (Å²) in [4.78, 5) is 32.8. The standard InChI is InChI=1S/C19H19N5O4/c1-13-11-17(22-28-13)21-18(25)15-12-14(4-5-20-15)23-6-8-24(9-7-23)19(26)16-3-2-10-27-16/h2-5,10-12H,6-9H2,1H3,(H,21,22,25). The SMILES string of the molecule is Cc1cc(NC(=O)c2cc(N3CCN(C(=O)c4ccco4)CC3)ccn2)no1. The Morgan fingerprint density at radius 3 is 2.64 bits per heavy atom. The van der Waals surface area contributed by atoms with Gasteiger partial charge in [0.1, 0.15) is 11.5 Å². The molecule has 3 aromatic heterocycles. The molecule has 0 bridgehead atoms. The number of nitrogens with zero attached hydrogens (tertiary/aromatic N) is 4. The number of hydrogen-bond acceptors (Lipinski definition) is 7. The highest BCUT2D eigenvalue weighted by atomic mass is 16.5. The van der Waals surface area contributed by atoms with E-state index < -0.39 is 0 Å². The van der Waals surface area contributed by atoms with Crippen molar-refractivity contribution in [2.24, 2.45) is 0 Å². The van der Waals surface area contributed by atoms with Crippen LogP contribution in [-0.4, -0.2) is 53.0 Å². The molecule has 4 heterocycles. The number of rotatable bonds is 4. The van der Waals surface area contributed by atoms with Crippen LogP contribution in [0.5, 0.6) is 0 Å². The van der Waals surface area contributed by atoms with Crippen LogP contribution in [0.3, 0.4) is 0 Å². The number of amides is 2. The lowest BCUT2D eigenvalue weighted by atomic mass is 10.2. The van der Waals surface area contributed by atoms with E-state index >= 15 is 0 Å². The summed E-state index contributed by atoms with van der Waals surface area (Å²) in [7, 11) is 0. The van der Waals surface area contributed by atoms with Gasteiger partial charge in [-0.3, -0.25) is 14.6 Å². The van der Waals surface area contributed by atoms with Gasteiger partial charge in [-0.1, -0.05) is 5.16 Å². The van der Waals surface area contributed by atoms with Gasteiger partial charge < -0.3 is 24.1 Å². The Kier molecular flexibility index (Phi) is 4.79. The number of hydrogen-bond donors (Lipinski definition) is 1. The Hall–Kier alpha value is -3.62. The number of piperazine rings is 1. The molecule has 1 aliphatic heterocycles. The summed E-state index contributed by atoms with van der Waals surface area (Å²) in [6.45, 7) is 4.20. The molecule has 0 unspecified atom stereocenters. The molecule has 3 aromatic rings. The van der Waals surface area contributed by atoms with Gasteiger partial charge in [0, 0.05) is 44.1 Å². The van der Waals surface area contributed by atoms with Crippen LogP contribution < -0.4 is 10.2 Å². The average Bonchev–Trinajstić information content (AvgIpc) is 3.40. The second-order valence-electron chi connectivity index (χ2n) is 6.43. The molecule has 0 radical (unpaired) electrons. The fourth-order valence-corrected chi connectivity index (χ4v) is 3.07. The highest BCUT2D eigenvalue weighted by molar-refractivity contribution is 6.02. The van der Waals surface area contributed by atoms with Crippen LogP contribution in [0.2, 0.25) is 0 Å². The molecular formula is C19H19N5O4. The van der Waals surface area contributed by atoms with E-state index in [1.54, 1.807) is 42.3 Å². The molecule has 1 aliphatic rings. The minimum Gasteiger partial charge on any atom is -0.459 e. The van der Waals surface area contributed by atoms with Crippen molar-refractivity contribution in [1.29, 1.82) is 0 Å². The molecule has 0 spiro atoms. The number of nitrogens with one attached hydrogen (secondary N) is 1. The normalized spacial score (nSPS) is 14.2. The monoisotopic (exact) mass is 381 g/mol. The first-order valence-corrected chi connectivity index (χ1v) is 8.88. The van der Waals surface area contributed by atoms with E-state index in [-0.39, 0.29) is 17.5 Å². The lowest BCUT2D eigenvalue weighted by Gasteiger charge is -2.35. The Morgan fingerprint density at radius 2 is 1.96 bits per heavy atom. The molecule has 1 saturated heterocycles. The third-order valence-corrected chi connectivity index (χ3v) is 4.51. The van der Waals surface area contributed by atoms with Crippen LogP contribution in [0.25, 0.3) is 0 Å². The van der Waals surface area contributed by atoms with Crippen LogP contribution in [-0.2, 0) is 0 Å². The molecule has 4 rings (SSSR count). The van der Waals surface area contributed by atoms with E-state index in [0.29, 0.717) is 43.5 Å². The highest BCUT2D eigenvalue weighted by Crippen LogP contribution is 2.19. The highest BCUT2D eigenvalue weighted by Gasteiger charge is 2.24. The smallest absolute Gasteiger partial charge is 0.289 e. The molecule has 28 heavy (non-hydrogen) atoms. The summed E-state index contributed by atoms with van der Waals surface area (Å²) >= 11 is 0. The Balaban J connectivity index is 1.39. The number of aromatic nitrogens is 2. The maximum Gasteiger partial charge on any atom is 0.289 e. The molecule has 2 amide bonds. The van der Waals surface area contributed by atoms with Crippen molar-refractivity contribution in [2.75, 3.05) is 36.4 Å². The summed E-state index contributed by atoms with van der Waals surface area (Å²) in [5.74, 6) is 0.835. The predicted octanol–water partition coefficient (Wildman–Crippen LogP) is 2.19. The van der Waals surface area contributed by atoms with Crippen LogP contribution in [0.1, 0.15) is 26.8 Å². The zero-order valence-corrected chi connectivity index (χ0v) is 15.3. The van der Waals surface area contributed by atoms with Crippen molar-refractivity contribution in [3.05, 3.63) is 60.0 Å². The molecule has 144 valence electrons. The summed E-state index contributed by atoms with van der Waals surface area (Å²) in [6.07, 6.45) is 3.09. The summed E-state index contributed by atoms with van der Waals surface area (Å²) < 4.78 is 10.1. The van der Waals surface area contributed by atoms with E-state index in [9.17, 15) is 9.59 Å². The largest absolute Gasteiger partial charge is 0.459 e. The molecule has 0 saturated carbocycles. The van der Waals surface area contributed by atoms with E-state index in [1.165, 1.54) is 6.26 Å². The van der Waals surface area contributed by atoms with Crippen molar-refractivity contribution in [3.8, 4) is 0 Å². The molecule has 1 fully saturated rings. The van der Waals surface area contributed by atoms with Gasteiger partial charge >= 0.3 is 0 Å². The number of carbonyl (C=O) groups is 2. The predicted molar refractivity (Wildman–Crippen MR) is 100 cm³/mol. The number of carbonyl (C=O) groups excluding carboxylic acids is 2. The van der Waals surface area contributed by atoms with Gasteiger partial charge in [0.15, 0.2) is 11.6 Å². The molecule has 9 nitrogen and oxygen atoms in total. The topological polar surface area (TPSA) is 105 Å². The third-order valence-electron chi connectivity index (χ3n) is 4.51. The Morgan fingerprint density at radius 1 is 1.14 bits per heavy atom. The fourth-order valence-electron chi connectivity index (χ4n) is 3.07. The molecule has 0 aromatic carbocycles. The van der Waals surface area contributed by atoms with Crippen molar-refractivity contribution in [3.63, 3.8) is 0 Å². The zero-order valence-electron chi connectivity index (χ0n) is 15.3. The second-order valence-corrected chi connectivity index (χ2v) is 6.43. The number of furan rings is 1. The lowest BCUT2D eigenvalue weighted by Crippen LogP contribution is -2.48. The molecule has 0 atom stereocenters. The van der Waals surface area contributed by atoms with Crippen LogP contribution in [0.4, 0.5) is 11.5 Å². The van der Waals surface area contributed by atoms with E-state index in [1.807, 2.05) is 6.07 Å². The first-order valence-electron chi connectivity index (χ1n) is 8.88. The zero-order chi connectivity index (χ0) is 19.5. The molecular weight excluding hydrogens is 362 g/mol. The molecule has 0 aliphatic carbocycles. The van der Waals surface area contributed by atoms with Crippen molar-refractivity contribution < 1.29 is 18.5 Å². The molecule has 1 N–H and O–H groups in total. The van der Waals surface area contributed by atoms with Gasteiger partial charge in [-0.2, -0.15) is 0 Å². The van der Waals surface area contributed by atoms with Gasteiger partial charge in [0.2, 0.25) is 0 Å². The summed E-state index contributed by atoms with van der Waals surface area (Å²) in [5.41, 5.74) is 1.16. The summed E-state index contributed by atoms with van der Waals surface area (Å²) in [5, 5.41) is 6.41. The van der Waals surface area contributed by atoms with Crippen LogP contribution >= 0.6 is 0 Å². The second kappa shape index (κ2) is 7.55. The first kappa shape index (κ1) is 17.8. The third kappa shape index (κ3) is 3.73. The van der Waals surface area contributed by atoms with E-state index in [0.717, 1.165) is 5.69 Å². The van der Waals surface area contributed by atoms with Crippen LogP contribution in [0, 0.1) is 6.92 Å². The minimum atomic E-state index is -0.359. The Bertz CT molecular complexity index is 974. The quantitative estimate of drug-likeness (QED) is 0.738. The number of aryl methyl sites for hydroxylation is 1. The maximum atomic E-state index is 12.4.